The van der Waals surface area contributed by atoms with Crippen LogP contribution in [0.2, 0.25) is 0 Å². The van der Waals surface area contributed by atoms with Gasteiger partial charge in [0, 0.05) is 18.0 Å². The van der Waals surface area contributed by atoms with Gasteiger partial charge in [-0.25, -0.2) is 13.2 Å². The average molecular weight is 630 g/mol. The van der Waals surface area contributed by atoms with E-state index in [2.05, 4.69) is 77.8 Å². The molecular weight excluding hydrogens is 604 g/mol. The van der Waals surface area contributed by atoms with Gasteiger partial charge in [0.1, 0.15) is 17.5 Å². The molecule has 2 aliphatic carbocycles. The summed E-state index contributed by atoms with van der Waals surface area (Å²) in [6.07, 6.45) is 3.77. The third-order valence-corrected chi connectivity index (χ3v) is 14.8. The molecule has 9 rings (SSSR count). The molecule has 0 saturated heterocycles. The first-order chi connectivity index (χ1) is 23.0. The van der Waals surface area contributed by atoms with Crippen LogP contribution >= 0.6 is 0 Å². The molecule has 0 bridgehead atoms. The van der Waals surface area contributed by atoms with Gasteiger partial charge in [-0.1, -0.05) is 103 Å². The highest BCUT2D eigenvalue weighted by Crippen LogP contribution is 2.62. The Hall–Kier alpha value is -5.52. The van der Waals surface area contributed by atoms with Crippen LogP contribution in [0, 0.1) is 17.5 Å². The maximum absolute atomic E-state index is 15.2. The number of rotatable bonds is 4. The standard InChI is InChI=1S/C42H26F3NSi/c43-27-8-5-11-30(22-27)47(31-12-6-9-28(44)23-31,32-13-7-10-29(45)24-32)33-18-19-40-36(25-33)37-26-46-21-20-41(37)42(40)38-16-3-1-14-34(38)35-15-2-4-17-39(35)42/h1-26H. The van der Waals surface area contributed by atoms with Gasteiger partial charge in [0.2, 0.25) is 0 Å². The molecule has 7 aromatic rings. The predicted octanol–water partition coefficient (Wildman–Crippen LogP) is 7.22. The van der Waals surface area contributed by atoms with Crippen molar-refractivity contribution in [2.45, 2.75) is 5.41 Å². The van der Waals surface area contributed by atoms with Crippen LogP contribution in [0.25, 0.3) is 22.3 Å². The number of halogens is 3. The minimum absolute atomic E-state index is 0.402. The fourth-order valence-electron chi connectivity index (χ4n) is 8.39. The molecule has 0 amide bonds. The van der Waals surface area contributed by atoms with Gasteiger partial charge in [-0.2, -0.15) is 0 Å². The summed E-state index contributed by atoms with van der Waals surface area (Å²) in [6, 6.07) is 45.2. The van der Waals surface area contributed by atoms with Crippen LogP contribution in [0.3, 0.4) is 0 Å². The highest BCUT2D eigenvalue weighted by atomic mass is 28.3. The van der Waals surface area contributed by atoms with E-state index in [1.54, 1.807) is 18.2 Å². The van der Waals surface area contributed by atoms with E-state index >= 15 is 13.2 Å². The van der Waals surface area contributed by atoms with Crippen molar-refractivity contribution in [3.63, 3.8) is 0 Å². The summed E-state index contributed by atoms with van der Waals surface area (Å²) >= 11 is 0. The van der Waals surface area contributed by atoms with Gasteiger partial charge in [0.15, 0.2) is 8.07 Å². The minimum atomic E-state index is -3.49. The molecule has 0 radical (unpaired) electrons. The summed E-state index contributed by atoms with van der Waals surface area (Å²) in [5, 5.41) is 2.99. The summed E-state index contributed by atoms with van der Waals surface area (Å²) in [5.74, 6) is -1.21. The summed E-state index contributed by atoms with van der Waals surface area (Å²) in [5.41, 5.74) is 8.56. The first-order valence-electron chi connectivity index (χ1n) is 15.6. The van der Waals surface area contributed by atoms with E-state index in [4.69, 9.17) is 0 Å². The second kappa shape index (κ2) is 10.2. The quantitative estimate of drug-likeness (QED) is 0.148. The molecule has 0 fully saturated rings. The third-order valence-electron chi connectivity index (χ3n) is 10.1. The SMILES string of the molecule is Fc1cccc([Si](c2cccc(F)c2)(c2cccc(F)c2)c2ccc3c(c2)-c2cnccc2C32c3ccccc3-c3ccccc32)c1. The molecule has 1 aromatic heterocycles. The van der Waals surface area contributed by atoms with Crippen molar-refractivity contribution in [3.05, 3.63) is 198 Å². The molecule has 6 aromatic carbocycles. The van der Waals surface area contributed by atoms with Crippen LogP contribution in [0.5, 0.6) is 0 Å². The number of aromatic nitrogens is 1. The molecule has 0 unspecified atom stereocenters. The van der Waals surface area contributed by atoms with Gasteiger partial charge in [-0.15, -0.1) is 0 Å². The third kappa shape index (κ3) is 3.75. The van der Waals surface area contributed by atoms with E-state index in [-0.39, 0.29) is 0 Å². The van der Waals surface area contributed by atoms with Crippen molar-refractivity contribution >= 4 is 28.8 Å². The van der Waals surface area contributed by atoms with E-state index in [9.17, 15) is 0 Å². The van der Waals surface area contributed by atoms with E-state index in [1.807, 2.05) is 30.6 Å². The smallest absolute Gasteiger partial charge is 0.179 e. The number of pyridine rings is 1. The van der Waals surface area contributed by atoms with Crippen molar-refractivity contribution in [2.75, 3.05) is 0 Å². The molecule has 1 heterocycles. The molecule has 224 valence electrons. The first kappa shape index (κ1) is 27.8. The Morgan fingerprint density at radius 1 is 0.404 bits per heavy atom. The van der Waals surface area contributed by atoms with Crippen LogP contribution in [0.4, 0.5) is 13.2 Å². The second-order valence-electron chi connectivity index (χ2n) is 12.3. The lowest BCUT2D eigenvalue weighted by molar-refractivity contribution is 0.629. The van der Waals surface area contributed by atoms with Crippen LogP contribution in [-0.2, 0) is 5.41 Å². The van der Waals surface area contributed by atoms with Gasteiger partial charge in [0.25, 0.3) is 0 Å². The summed E-state index contributed by atoms with van der Waals surface area (Å²) < 4.78 is 45.5. The lowest BCUT2D eigenvalue weighted by Gasteiger charge is -2.35. The predicted molar refractivity (Wildman–Crippen MR) is 184 cm³/mol. The number of hydrogen-bond donors (Lipinski definition) is 0. The highest BCUT2D eigenvalue weighted by molar-refractivity contribution is 7.19. The Morgan fingerprint density at radius 2 is 0.872 bits per heavy atom. The minimum Gasteiger partial charge on any atom is -0.264 e. The number of fused-ring (bicyclic) bond motifs is 10. The monoisotopic (exact) mass is 629 g/mol. The highest BCUT2D eigenvalue weighted by Gasteiger charge is 2.52. The van der Waals surface area contributed by atoms with Crippen LogP contribution in [-0.4, -0.2) is 13.1 Å². The fraction of sp³-hybridized carbons (Fsp3) is 0.0238. The normalized spacial score (nSPS) is 13.6. The Kier molecular flexibility index (Phi) is 6.05. The zero-order chi connectivity index (χ0) is 31.8. The molecule has 0 saturated carbocycles. The van der Waals surface area contributed by atoms with Crippen LogP contribution in [0.1, 0.15) is 22.3 Å². The van der Waals surface area contributed by atoms with Gasteiger partial charge >= 0.3 is 0 Å². The van der Waals surface area contributed by atoms with Crippen molar-refractivity contribution in [1.82, 2.24) is 4.98 Å². The van der Waals surface area contributed by atoms with Gasteiger partial charge in [-0.3, -0.25) is 4.98 Å². The molecule has 1 spiro atoms. The average Bonchev–Trinajstić information content (AvgIpc) is 3.56. The van der Waals surface area contributed by atoms with E-state index in [0.717, 1.165) is 27.4 Å². The Balaban J connectivity index is 1.41. The van der Waals surface area contributed by atoms with Crippen molar-refractivity contribution < 1.29 is 13.2 Å². The summed E-state index contributed by atoms with van der Waals surface area (Å²) in [6.45, 7) is 0. The van der Waals surface area contributed by atoms with Gasteiger partial charge in [-0.05, 0) is 102 Å². The molecule has 0 N–H and O–H groups in total. The van der Waals surface area contributed by atoms with Crippen LogP contribution in [0.15, 0.2) is 158 Å². The molecular formula is C42H26F3NSi. The topological polar surface area (TPSA) is 12.9 Å². The maximum Gasteiger partial charge on any atom is 0.179 e. The maximum atomic E-state index is 15.2. The number of hydrogen-bond acceptors (Lipinski definition) is 1. The van der Waals surface area contributed by atoms with E-state index in [1.165, 1.54) is 58.7 Å². The summed E-state index contributed by atoms with van der Waals surface area (Å²) in [7, 11) is -3.49. The largest absolute Gasteiger partial charge is 0.264 e. The lowest BCUT2D eigenvalue weighted by atomic mass is 9.71. The zero-order valence-corrected chi connectivity index (χ0v) is 26.1. The molecule has 5 heteroatoms. The Bertz CT molecular complexity index is 2230. The van der Waals surface area contributed by atoms with E-state index in [0.29, 0.717) is 15.6 Å². The van der Waals surface area contributed by atoms with Crippen molar-refractivity contribution in [1.29, 1.82) is 0 Å². The lowest BCUT2D eigenvalue weighted by Crippen LogP contribution is -2.75. The second-order valence-corrected chi connectivity index (χ2v) is 16.1. The zero-order valence-electron chi connectivity index (χ0n) is 25.1. The number of benzene rings is 6. The van der Waals surface area contributed by atoms with Gasteiger partial charge in [0.05, 0.1) is 5.41 Å². The van der Waals surface area contributed by atoms with Crippen LogP contribution < -0.4 is 20.7 Å². The Labute approximate surface area is 271 Å². The molecule has 1 nitrogen and oxygen atoms in total. The first-order valence-corrected chi connectivity index (χ1v) is 17.6. The molecule has 2 aliphatic rings. The summed E-state index contributed by atoms with van der Waals surface area (Å²) in [4.78, 5) is 4.59. The molecule has 47 heavy (non-hydrogen) atoms. The van der Waals surface area contributed by atoms with Gasteiger partial charge < -0.3 is 0 Å². The fourth-order valence-corrected chi connectivity index (χ4v) is 13.2. The van der Waals surface area contributed by atoms with Crippen molar-refractivity contribution in [3.8, 4) is 22.3 Å². The number of nitrogens with zero attached hydrogens (tertiary/aromatic N) is 1. The molecule has 0 atom stereocenters. The Morgan fingerprint density at radius 3 is 1.40 bits per heavy atom. The molecule has 0 aliphatic heterocycles. The van der Waals surface area contributed by atoms with E-state index < -0.39 is 30.9 Å². The van der Waals surface area contributed by atoms with Crippen molar-refractivity contribution in [2.24, 2.45) is 0 Å².